The van der Waals surface area contributed by atoms with Crippen molar-refractivity contribution in [3.05, 3.63) is 24.2 Å². The summed E-state index contributed by atoms with van der Waals surface area (Å²) >= 11 is 0. The predicted octanol–water partition coefficient (Wildman–Crippen LogP) is 1.98. The summed E-state index contributed by atoms with van der Waals surface area (Å²) in [7, 11) is 0. The van der Waals surface area contributed by atoms with Crippen LogP contribution in [0.2, 0.25) is 0 Å². The van der Waals surface area contributed by atoms with E-state index in [2.05, 4.69) is 22.5 Å². The molecule has 2 saturated heterocycles. The summed E-state index contributed by atoms with van der Waals surface area (Å²) < 4.78 is 5.68. The van der Waals surface area contributed by atoms with E-state index >= 15 is 0 Å². The zero-order valence-electron chi connectivity index (χ0n) is 16.5. The van der Waals surface area contributed by atoms with Crippen molar-refractivity contribution < 1.29 is 9.21 Å². The van der Waals surface area contributed by atoms with Crippen LogP contribution in [0.3, 0.4) is 0 Å². The highest BCUT2D eigenvalue weighted by Crippen LogP contribution is 2.25. The molecule has 0 aromatic carbocycles. The van der Waals surface area contributed by atoms with Crippen molar-refractivity contribution in [2.45, 2.75) is 45.1 Å². The van der Waals surface area contributed by atoms with E-state index in [0.717, 1.165) is 63.8 Å². The van der Waals surface area contributed by atoms with E-state index in [1.165, 1.54) is 12.8 Å². The summed E-state index contributed by atoms with van der Waals surface area (Å²) in [6.45, 7) is 8.33. The zero-order chi connectivity index (χ0) is 18.9. The molecule has 1 amide bonds. The highest BCUT2D eigenvalue weighted by atomic mass is 16.3. The van der Waals surface area contributed by atoms with Gasteiger partial charge in [-0.1, -0.05) is 0 Å². The number of nitrogens with one attached hydrogen (secondary N) is 2. The maximum Gasteiger partial charge on any atom is 0.222 e. The summed E-state index contributed by atoms with van der Waals surface area (Å²) in [6, 6.07) is 4.19. The molecular formula is C20H33N5O2. The zero-order valence-corrected chi connectivity index (χ0v) is 16.5. The molecule has 1 atom stereocenters. The van der Waals surface area contributed by atoms with Crippen molar-refractivity contribution in [3.8, 4) is 0 Å². The molecule has 0 spiro atoms. The fourth-order valence-electron chi connectivity index (χ4n) is 3.86. The smallest absolute Gasteiger partial charge is 0.222 e. The minimum atomic E-state index is 0.195. The molecule has 150 valence electrons. The topological polar surface area (TPSA) is 73.1 Å². The predicted molar refractivity (Wildman–Crippen MR) is 107 cm³/mol. The van der Waals surface area contributed by atoms with Crippen molar-refractivity contribution in [2.24, 2.45) is 4.99 Å². The third kappa shape index (κ3) is 5.73. The first-order valence-electron chi connectivity index (χ1n) is 10.4. The van der Waals surface area contributed by atoms with Gasteiger partial charge in [0.25, 0.3) is 0 Å². The van der Waals surface area contributed by atoms with Gasteiger partial charge >= 0.3 is 0 Å². The van der Waals surface area contributed by atoms with Crippen LogP contribution in [0, 0.1) is 0 Å². The average Bonchev–Trinajstić information content (AvgIpc) is 3.43. The highest BCUT2D eigenvalue weighted by molar-refractivity contribution is 5.80. The van der Waals surface area contributed by atoms with E-state index in [0.29, 0.717) is 18.9 Å². The molecule has 0 saturated carbocycles. The molecule has 0 radical (unpaired) electrons. The Morgan fingerprint density at radius 3 is 2.78 bits per heavy atom. The Labute approximate surface area is 162 Å². The van der Waals surface area contributed by atoms with Crippen molar-refractivity contribution in [1.29, 1.82) is 0 Å². The lowest BCUT2D eigenvalue weighted by Gasteiger charge is -2.24. The Kier molecular flexibility index (Phi) is 7.56. The monoisotopic (exact) mass is 375 g/mol. The number of hydrogen-bond donors (Lipinski definition) is 2. The van der Waals surface area contributed by atoms with Crippen LogP contribution in [0.1, 0.15) is 50.8 Å². The maximum atomic E-state index is 11.7. The van der Waals surface area contributed by atoms with Crippen LogP contribution < -0.4 is 10.6 Å². The van der Waals surface area contributed by atoms with E-state index < -0.39 is 0 Å². The van der Waals surface area contributed by atoms with Crippen LogP contribution in [-0.4, -0.2) is 67.5 Å². The van der Waals surface area contributed by atoms with E-state index in [1.807, 2.05) is 17.0 Å². The third-order valence-corrected chi connectivity index (χ3v) is 5.29. The minimum absolute atomic E-state index is 0.195. The van der Waals surface area contributed by atoms with Gasteiger partial charge in [-0.3, -0.25) is 14.7 Å². The summed E-state index contributed by atoms with van der Waals surface area (Å²) in [6.07, 6.45) is 6.88. The van der Waals surface area contributed by atoms with Gasteiger partial charge in [0.15, 0.2) is 5.96 Å². The van der Waals surface area contributed by atoms with Gasteiger partial charge in [-0.15, -0.1) is 0 Å². The average molecular weight is 376 g/mol. The number of rotatable bonds is 9. The molecular weight excluding hydrogens is 342 g/mol. The molecule has 2 aliphatic rings. The van der Waals surface area contributed by atoms with Crippen LogP contribution in [-0.2, 0) is 4.79 Å². The van der Waals surface area contributed by atoms with Crippen molar-refractivity contribution in [2.75, 3.05) is 45.8 Å². The first-order valence-corrected chi connectivity index (χ1v) is 10.4. The third-order valence-electron chi connectivity index (χ3n) is 5.29. The Morgan fingerprint density at radius 1 is 1.26 bits per heavy atom. The first kappa shape index (κ1) is 19.7. The number of guanidine groups is 1. The van der Waals surface area contributed by atoms with Crippen molar-refractivity contribution >= 4 is 11.9 Å². The molecule has 7 heteroatoms. The minimum Gasteiger partial charge on any atom is -0.468 e. The quantitative estimate of drug-likeness (QED) is 0.392. The normalized spacial score (nSPS) is 19.7. The van der Waals surface area contributed by atoms with E-state index in [-0.39, 0.29) is 6.04 Å². The van der Waals surface area contributed by atoms with Gasteiger partial charge < -0.3 is 20.0 Å². The first-order chi connectivity index (χ1) is 13.3. The molecule has 2 fully saturated rings. The maximum absolute atomic E-state index is 11.7. The van der Waals surface area contributed by atoms with Gasteiger partial charge in [-0.25, -0.2) is 0 Å². The lowest BCUT2D eigenvalue weighted by atomic mass is 10.2. The van der Waals surface area contributed by atoms with Crippen LogP contribution in [0.15, 0.2) is 27.8 Å². The Bertz CT molecular complexity index is 596. The van der Waals surface area contributed by atoms with Gasteiger partial charge in [0.1, 0.15) is 5.76 Å². The second kappa shape index (κ2) is 10.3. The second-order valence-electron chi connectivity index (χ2n) is 7.26. The van der Waals surface area contributed by atoms with Crippen LogP contribution in [0.5, 0.6) is 0 Å². The number of furan rings is 1. The molecule has 3 heterocycles. The van der Waals surface area contributed by atoms with Gasteiger partial charge in [0.05, 0.1) is 18.8 Å². The van der Waals surface area contributed by atoms with Gasteiger partial charge in [-0.05, 0) is 57.8 Å². The molecule has 1 aromatic rings. The Hall–Kier alpha value is -2.02. The summed E-state index contributed by atoms with van der Waals surface area (Å²) in [5.41, 5.74) is 0. The van der Waals surface area contributed by atoms with Crippen LogP contribution in [0.25, 0.3) is 0 Å². The molecule has 3 rings (SSSR count). The molecule has 27 heavy (non-hydrogen) atoms. The highest BCUT2D eigenvalue weighted by Gasteiger charge is 2.25. The number of aliphatic imine (C=N–C) groups is 1. The molecule has 1 aromatic heterocycles. The van der Waals surface area contributed by atoms with E-state index in [4.69, 9.17) is 9.41 Å². The van der Waals surface area contributed by atoms with Crippen LogP contribution >= 0.6 is 0 Å². The van der Waals surface area contributed by atoms with Crippen molar-refractivity contribution in [1.82, 2.24) is 20.4 Å². The summed E-state index contributed by atoms with van der Waals surface area (Å²) in [5.74, 6) is 2.12. The standard InChI is InChI=1S/C20H33N5O2/c1-2-21-20(22-10-7-14-25-13-5-9-19(25)26)23-16-17(18-8-6-15-27-18)24-11-3-4-12-24/h6,8,15,17H,2-5,7,9-14,16H2,1H3,(H2,21,22,23). The van der Waals surface area contributed by atoms with Gasteiger partial charge in [0.2, 0.25) is 5.91 Å². The van der Waals surface area contributed by atoms with E-state index in [9.17, 15) is 4.79 Å². The largest absolute Gasteiger partial charge is 0.468 e. The van der Waals surface area contributed by atoms with E-state index in [1.54, 1.807) is 6.26 Å². The number of hydrogen-bond acceptors (Lipinski definition) is 4. The molecule has 0 bridgehead atoms. The Balaban J connectivity index is 1.51. The SMILES string of the molecule is CCNC(=NCC(c1ccco1)N1CCCC1)NCCCN1CCCC1=O. The Morgan fingerprint density at radius 2 is 2.11 bits per heavy atom. The molecule has 2 aliphatic heterocycles. The molecule has 2 N–H and O–H groups in total. The number of amides is 1. The number of nitrogens with zero attached hydrogens (tertiary/aromatic N) is 3. The molecule has 1 unspecified atom stereocenters. The lowest BCUT2D eigenvalue weighted by Crippen LogP contribution is -2.39. The van der Waals surface area contributed by atoms with Gasteiger partial charge in [0, 0.05) is 32.6 Å². The summed E-state index contributed by atoms with van der Waals surface area (Å²) in [4.78, 5) is 20.9. The number of likely N-dealkylation sites (tertiary alicyclic amines) is 2. The van der Waals surface area contributed by atoms with Gasteiger partial charge in [-0.2, -0.15) is 0 Å². The second-order valence-corrected chi connectivity index (χ2v) is 7.26. The van der Waals surface area contributed by atoms with Crippen molar-refractivity contribution in [3.63, 3.8) is 0 Å². The molecule has 7 nitrogen and oxygen atoms in total. The lowest BCUT2D eigenvalue weighted by molar-refractivity contribution is -0.127. The fourth-order valence-corrected chi connectivity index (χ4v) is 3.86. The summed E-state index contributed by atoms with van der Waals surface area (Å²) in [5, 5.41) is 6.72. The van der Waals surface area contributed by atoms with Crippen LogP contribution in [0.4, 0.5) is 0 Å². The molecule has 0 aliphatic carbocycles. The number of carbonyl (C=O) groups excluding carboxylic acids is 1. The number of carbonyl (C=O) groups is 1. The fraction of sp³-hybridized carbons (Fsp3) is 0.700.